The van der Waals surface area contributed by atoms with Gasteiger partial charge in [0.25, 0.3) is 0 Å². The molecule has 86 valence electrons. The molecule has 2 N–H and O–H groups in total. The van der Waals surface area contributed by atoms with Crippen LogP contribution in [0.2, 0.25) is 0 Å². The van der Waals surface area contributed by atoms with Gasteiger partial charge in [0.1, 0.15) is 0 Å². The maximum absolute atomic E-state index is 11.2. The molecule has 0 saturated carbocycles. The van der Waals surface area contributed by atoms with E-state index in [-0.39, 0.29) is 5.91 Å². The first-order valence-electron chi connectivity index (χ1n) is 5.54. The van der Waals surface area contributed by atoms with Crippen molar-refractivity contribution >= 4 is 5.91 Å². The summed E-state index contributed by atoms with van der Waals surface area (Å²) in [5, 5.41) is 0. The first-order chi connectivity index (χ1) is 8.27. The Kier molecular flexibility index (Phi) is 3.50. The number of benzene rings is 1. The summed E-state index contributed by atoms with van der Waals surface area (Å²) in [4.78, 5) is 15.2. The van der Waals surface area contributed by atoms with Crippen LogP contribution < -0.4 is 5.73 Å². The zero-order chi connectivity index (χ0) is 12.1. The number of carbonyl (C=O) groups is 1. The minimum Gasteiger partial charge on any atom is -0.366 e. The van der Waals surface area contributed by atoms with Crippen LogP contribution in [0.15, 0.2) is 48.8 Å². The second-order valence-corrected chi connectivity index (χ2v) is 3.88. The van der Waals surface area contributed by atoms with Crippen LogP contribution in [0.5, 0.6) is 0 Å². The Bertz CT molecular complexity index is 509. The lowest BCUT2D eigenvalue weighted by Crippen LogP contribution is -2.13. The van der Waals surface area contributed by atoms with Gasteiger partial charge in [0, 0.05) is 18.0 Å². The fourth-order valence-electron chi connectivity index (χ4n) is 1.81. The quantitative estimate of drug-likeness (QED) is 0.866. The molecule has 2 rings (SSSR count). The van der Waals surface area contributed by atoms with E-state index in [1.165, 1.54) is 5.56 Å². The van der Waals surface area contributed by atoms with E-state index in [4.69, 9.17) is 5.73 Å². The number of hydrogen-bond donors (Lipinski definition) is 1. The van der Waals surface area contributed by atoms with Crippen molar-refractivity contribution in [2.75, 3.05) is 0 Å². The van der Waals surface area contributed by atoms with E-state index in [9.17, 15) is 4.79 Å². The highest BCUT2D eigenvalue weighted by Crippen LogP contribution is 2.11. The number of primary amides is 1. The molecule has 1 amide bonds. The lowest BCUT2D eigenvalue weighted by atomic mass is 10.00. The summed E-state index contributed by atoms with van der Waals surface area (Å²) in [6.45, 7) is 0. The molecule has 1 aromatic heterocycles. The number of aryl methyl sites for hydroxylation is 2. The summed E-state index contributed by atoms with van der Waals surface area (Å²) in [6.07, 6.45) is 5.24. The minimum atomic E-state index is -0.365. The van der Waals surface area contributed by atoms with Gasteiger partial charge in [-0.25, -0.2) is 0 Å². The van der Waals surface area contributed by atoms with Crippen molar-refractivity contribution < 1.29 is 4.79 Å². The van der Waals surface area contributed by atoms with Gasteiger partial charge in [0.15, 0.2) is 0 Å². The lowest BCUT2D eigenvalue weighted by Gasteiger charge is -2.06. The monoisotopic (exact) mass is 226 g/mol. The molecule has 0 aliphatic carbocycles. The van der Waals surface area contributed by atoms with Crippen molar-refractivity contribution in [3.63, 3.8) is 0 Å². The first kappa shape index (κ1) is 11.3. The number of hydrogen-bond acceptors (Lipinski definition) is 2. The van der Waals surface area contributed by atoms with Crippen molar-refractivity contribution in [2.45, 2.75) is 12.8 Å². The van der Waals surface area contributed by atoms with Gasteiger partial charge in [-0.05, 0) is 42.2 Å². The van der Waals surface area contributed by atoms with E-state index >= 15 is 0 Å². The van der Waals surface area contributed by atoms with E-state index in [0.717, 1.165) is 18.4 Å². The van der Waals surface area contributed by atoms with Crippen molar-refractivity contribution in [2.24, 2.45) is 5.73 Å². The van der Waals surface area contributed by atoms with E-state index in [2.05, 4.69) is 4.98 Å². The molecule has 0 bridgehead atoms. The van der Waals surface area contributed by atoms with Gasteiger partial charge in [0.2, 0.25) is 5.91 Å². The highest BCUT2D eigenvalue weighted by atomic mass is 16.1. The van der Waals surface area contributed by atoms with Crippen LogP contribution in [0.1, 0.15) is 21.5 Å². The number of nitrogens with zero attached hydrogens (tertiary/aromatic N) is 1. The van der Waals surface area contributed by atoms with E-state index in [1.807, 2.05) is 30.3 Å². The van der Waals surface area contributed by atoms with Crippen molar-refractivity contribution in [3.05, 3.63) is 65.5 Å². The summed E-state index contributed by atoms with van der Waals surface area (Å²) < 4.78 is 0. The van der Waals surface area contributed by atoms with Crippen LogP contribution in [-0.4, -0.2) is 10.9 Å². The third-order valence-corrected chi connectivity index (χ3v) is 2.72. The van der Waals surface area contributed by atoms with Gasteiger partial charge in [-0.15, -0.1) is 0 Å². The van der Waals surface area contributed by atoms with Crippen LogP contribution in [-0.2, 0) is 12.8 Å². The molecule has 0 atom stereocenters. The molecule has 1 aromatic carbocycles. The molecule has 3 heteroatoms. The molecule has 2 aromatic rings. The van der Waals surface area contributed by atoms with Crippen LogP contribution in [0, 0.1) is 0 Å². The Morgan fingerprint density at radius 2 is 1.76 bits per heavy atom. The Balaban J connectivity index is 2.12. The Hall–Kier alpha value is -2.16. The number of rotatable bonds is 4. The largest absolute Gasteiger partial charge is 0.366 e. The van der Waals surface area contributed by atoms with Gasteiger partial charge in [-0.3, -0.25) is 9.78 Å². The molecule has 0 radical (unpaired) electrons. The Morgan fingerprint density at radius 1 is 1.06 bits per heavy atom. The number of carbonyl (C=O) groups excluding carboxylic acids is 1. The van der Waals surface area contributed by atoms with Gasteiger partial charge < -0.3 is 5.73 Å². The van der Waals surface area contributed by atoms with E-state index in [0.29, 0.717) is 5.56 Å². The predicted molar refractivity (Wildman–Crippen MR) is 66.6 cm³/mol. The molecule has 1 heterocycles. The first-order valence-corrected chi connectivity index (χ1v) is 5.54. The van der Waals surface area contributed by atoms with Gasteiger partial charge in [-0.2, -0.15) is 0 Å². The van der Waals surface area contributed by atoms with Crippen LogP contribution in [0.4, 0.5) is 0 Å². The molecule has 0 aliphatic rings. The average Bonchev–Trinajstić information content (AvgIpc) is 2.38. The fourth-order valence-corrected chi connectivity index (χ4v) is 1.81. The Labute approximate surface area is 100 Å². The molecule has 0 spiro atoms. The molecule has 0 aliphatic heterocycles. The van der Waals surface area contributed by atoms with Crippen molar-refractivity contribution in [3.8, 4) is 0 Å². The molecule has 0 saturated heterocycles. The summed E-state index contributed by atoms with van der Waals surface area (Å²) >= 11 is 0. The second-order valence-electron chi connectivity index (χ2n) is 3.88. The SMILES string of the molecule is NC(=O)c1ccccc1CCc1ccncc1. The van der Waals surface area contributed by atoms with Crippen LogP contribution in [0.25, 0.3) is 0 Å². The number of nitrogens with two attached hydrogens (primary N) is 1. The van der Waals surface area contributed by atoms with Gasteiger partial charge in [-0.1, -0.05) is 18.2 Å². The topological polar surface area (TPSA) is 56.0 Å². The predicted octanol–water partition coefficient (Wildman–Crippen LogP) is 1.97. The third-order valence-electron chi connectivity index (χ3n) is 2.72. The summed E-state index contributed by atoms with van der Waals surface area (Å²) in [6, 6.07) is 11.4. The molecule has 17 heavy (non-hydrogen) atoms. The summed E-state index contributed by atoms with van der Waals surface area (Å²) in [7, 11) is 0. The average molecular weight is 226 g/mol. The summed E-state index contributed by atoms with van der Waals surface area (Å²) in [5.41, 5.74) is 8.15. The maximum Gasteiger partial charge on any atom is 0.248 e. The fraction of sp³-hybridized carbons (Fsp3) is 0.143. The van der Waals surface area contributed by atoms with E-state index in [1.54, 1.807) is 18.5 Å². The molecule has 3 nitrogen and oxygen atoms in total. The van der Waals surface area contributed by atoms with Crippen LogP contribution in [0.3, 0.4) is 0 Å². The lowest BCUT2D eigenvalue weighted by molar-refractivity contribution is 0.0999. The smallest absolute Gasteiger partial charge is 0.248 e. The minimum absolute atomic E-state index is 0.365. The number of pyridine rings is 1. The highest BCUT2D eigenvalue weighted by Gasteiger charge is 2.06. The highest BCUT2D eigenvalue weighted by molar-refractivity contribution is 5.94. The maximum atomic E-state index is 11.2. The third kappa shape index (κ3) is 2.91. The van der Waals surface area contributed by atoms with E-state index < -0.39 is 0 Å². The molecular weight excluding hydrogens is 212 g/mol. The second kappa shape index (κ2) is 5.25. The van der Waals surface area contributed by atoms with Gasteiger partial charge in [0.05, 0.1) is 0 Å². The Morgan fingerprint density at radius 3 is 2.47 bits per heavy atom. The zero-order valence-corrected chi connectivity index (χ0v) is 9.47. The molecular formula is C14H14N2O. The number of aromatic nitrogens is 1. The number of amides is 1. The molecule has 0 fully saturated rings. The zero-order valence-electron chi connectivity index (χ0n) is 9.47. The standard InChI is InChI=1S/C14H14N2O/c15-14(17)13-4-2-1-3-12(13)6-5-11-7-9-16-10-8-11/h1-4,7-10H,5-6H2,(H2,15,17). The van der Waals surface area contributed by atoms with Crippen LogP contribution >= 0.6 is 0 Å². The molecule has 0 unspecified atom stereocenters. The van der Waals surface area contributed by atoms with Crippen molar-refractivity contribution in [1.82, 2.24) is 4.98 Å². The summed E-state index contributed by atoms with van der Waals surface area (Å²) in [5.74, 6) is -0.365. The van der Waals surface area contributed by atoms with Gasteiger partial charge >= 0.3 is 0 Å². The van der Waals surface area contributed by atoms with Crippen molar-refractivity contribution in [1.29, 1.82) is 0 Å². The normalized spacial score (nSPS) is 10.1.